The first-order chi connectivity index (χ1) is 12.1. The molecule has 7 nitrogen and oxygen atoms in total. The van der Waals surface area contributed by atoms with Gasteiger partial charge in [-0.1, -0.05) is 13.0 Å². The minimum atomic E-state index is -0.141. The average molecular weight is 349 g/mol. The van der Waals surface area contributed by atoms with Crippen molar-refractivity contribution in [3.05, 3.63) is 23.8 Å². The second-order valence-electron chi connectivity index (χ2n) is 6.00. The number of hydrogen-bond donors (Lipinski definition) is 2. The van der Waals surface area contributed by atoms with E-state index in [0.717, 1.165) is 19.3 Å². The Bertz CT molecular complexity index is 576. The van der Waals surface area contributed by atoms with E-state index < -0.39 is 0 Å². The number of ether oxygens (including phenoxy) is 2. The van der Waals surface area contributed by atoms with Gasteiger partial charge in [0.05, 0.1) is 14.2 Å². The van der Waals surface area contributed by atoms with Gasteiger partial charge in [0, 0.05) is 25.7 Å². The van der Waals surface area contributed by atoms with Crippen LogP contribution in [-0.4, -0.2) is 56.7 Å². The predicted octanol–water partition coefficient (Wildman–Crippen LogP) is 2.02. The summed E-state index contributed by atoms with van der Waals surface area (Å²) in [5, 5.41) is 5.77. The Morgan fingerprint density at radius 3 is 2.28 bits per heavy atom. The predicted molar refractivity (Wildman–Crippen MR) is 95.3 cm³/mol. The molecule has 25 heavy (non-hydrogen) atoms. The third kappa shape index (κ3) is 4.78. The van der Waals surface area contributed by atoms with Crippen LogP contribution < -0.4 is 20.1 Å². The molecule has 0 saturated carbocycles. The van der Waals surface area contributed by atoms with Gasteiger partial charge in [-0.05, 0) is 31.4 Å². The largest absolute Gasteiger partial charge is 0.496 e. The summed E-state index contributed by atoms with van der Waals surface area (Å²) in [6.45, 7) is 3.84. The van der Waals surface area contributed by atoms with Crippen molar-refractivity contribution in [1.29, 1.82) is 0 Å². The summed E-state index contributed by atoms with van der Waals surface area (Å²) in [5.41, 5.74) is 0.444. The molecular weight excluding hydrogens is 322 g/mol. The number of carbonyl (C=O) groups excluding carboxylic acids is 2. The van der Waals surface area contributed by atoms with E-state index in [2.05, 4.69) is 10.6 Å². The summed E-state index contributed by atoms with van der Waals surface area (Å²) in [4.78, 5) is 26.4. The van der Waals surface area contributed by atoms with Crippen molar-refractivity contribution >= 4 is 11.9 Å². The molecule has 1 heterocycles. The summed E-state index contributed by atoms with van der Waals surface area (Å²) in [6.07, 6.45) is 2.35. The van der Waals surface area contributed by atoms with E-state index >= 15 is 0 Å². The third-order valence-electron chi connectivity index (χ3n) is 4.29. The summed E-state index contributed by atoms with van der Waals surface area (Å²) >= 11 is 0. The van der Waals surface area contributed by atoms with Crippen molar-refractivity contribution in [3.63, 3.8) is 0 Å². The number of urea groups is 1. The lowest BCUT2D eigenvalue weighted by Crippen LogP contribution is -2.49. The normalized spacial score (nSPS) is 14.8. The molecule has 2 N–H and O–H groups in total. The number of methoxy groups -OCH3 is 2. The van der Waals surface area contributed by atoms with Crippen molar-refractivity contribution in [3.8, 4) is 11.5 Å². The van der Waals surface area contributed by atoms with Gasteiger partial charge in [-0.15, -0.1) is 0 Å². The van der Waals surface area contributed by atoms with E-state index in [1.165, 1.54) is 14.2 Å². The minimum absolute atomic E-state index is 0.0838. The fourth-order valence-electron chi connectivity index (χ4n) is 2.92. The number of rotatable bonds is 6. The lowest BCUT2D eigenvalue weighted by atomic mass is 10.0. The average Bonchev–Trinajstić information content (AvgIpc) is 2.65. The molecule has 2 rings (SSSR count). The van der Waals surface area contributed by atoms with Gasteiger partial charge < -0.3 is 25.0 Å². The lowest BCUT2D eigenvalue weighted by Gasteiger charge is -2.33. The van der Waals surface area contributed by atoms with Crippen LogP contribution in [0.3, 0.4) is 0 Å². The Morgan fingerprint density at radius 2 is 1.76 bits per heavy atom. The second kappa shape index (κ2) is 9.15. The van der Waals surface area contributed by atoms with Crippen LogP contribution >= 0.6 is 0 Å². The summed E-state index contributed by atoms with van der Waals surface area (Å²) < 4.78 is 10.6. The van der Waals surface area contributed by atoms with Gasteiger partial charge in [-0.2, -0.15) is 0 Å². The molecule has 0 unspecified atom stereocenters. The molecule has 7 heteroatoms. The van der Waals surface area contributed by atoms with E-state index in [-0.39, 0.29) is 18.0 Å². The highest BCUT2D eigenvalue weighted by Crippen LogP contribution is 2.30. The van der Waals surface area contributed by atoms with E-state index in [1.807, 2.05) is 6.92 Å². The fourth-order valence-corrected chi connectivity index (χ4v) is 2.92. The standard InChI is InChI=1S/C18H27N3O4/c1-4-10-19-18(23)20-13-8-11-21(12-9-13)17(22)16-14(24-2)6-5-7-15(16)25-3/h5-7,13H,4,8-12H2,1-3H3,(H2,19,20,23). The lowest BCUT2D eigenvalue weighted by molar-refractivity contribution is 0.0701. The van der Waals surface area contributed by atoms with Gasteiger partial charge in [-0.25, -0.2) is 4.79 Å². The summed E-state index contributed by atoms with van der Waals surface area (Å²) in [7, 11) is 3.08. The number of piperidine rings is 1. The van der Waals surface area contributed by atoms with E-state index in [9.17, 15) is 9.59 Å². The monoisotopic (exact) mass is 349 g/mol. The number of amides is 3. The van der Waals surface area contributed by atoms with Crippen molar-refractivity contribution in [2.75, 3.05) is 33.9 Å². The fraction of sp³-hybridized carbons (Fsp3) is 0.556. The van der Waals surface area contributed by atoms with Crippen LogP contribution in [0, 0.1) is 0 Å². The number of hydrogen-bond acceptors (Lipinski definition) is 4. The van der Waals surface area contributed by atoms with Gasteiger partial charge in [-0.3, -0.25) is 4.79 Å². The Hall–Kier alpha value is -2.44. The van der Waals surface area contributed by atoms with Crippen LogP contribution in [0.15, 0.2) is 18.2 Å². The molecule has 1 aromatic carbocycles. The maximum absolute atomic E-state index is 12.9. The highest BCUT2D eigenvalue weighted by atomic mass is 16.5. The zero-order valence-corrected chi connectivity index (χ0v) is 15.1. The molecule has 0 spiro atoms. The molecule has 1 aliphatic rings. The number of benzene rings is 1. The molecule has 0 atom stereocenters. The molecule has 1 saturated heterocycles. The van der Waals surface area contributed by atoms with E-state index in [4.69, 9.17) is 9.47 Å². The Labute approximate surface area is 148 Å². The molecule has 1 aliphatic heterocycles. The van der Waals surface area contributed by atoms with Crippen molar-refractivity contribution in [2.24, 2.45) is 0 Å². The Morgan fingerprint density at radius 1 is 1.16 bits per heavy atom. The molecule has 0 aromatic heterocycles. The quantitative estimate of drug-likeness (QED) is 0.823. The molecule has 1 fully saturated rings. The van der Waals surface area contributed by atoms with E-state index in [0.29, 0.717) is 36.7 Å². The van der Waals surface area contributed by atoms with Gasteiger partial charge in [0.15, 0.2) is 0 Å². The highest BCUT2D eigenvalue weighted by Gasteiger charge is 2.28. The van der Waals surface area contributed by atoms with Gasteiger partial charge in [0.2, 0.25) is 0 Å². The van der Waals surface area contributed by atoms with Gasteiger partial charge in [0.1, 0.15) is 17.1 Å². The molecule has 0 aliphatic carbocycles. The van der Waals surface area contributed by atoms with Crippen LogP contribution in [0.5, 0.6) is 11.5 Å². The van der Waals surface area contributed by atoms with E-state index in [1.54, 1.807) is 23.1 Å². The first-order valence-electron chi connectivity index (χ1n) is 8.65. The molecule has 0 radical (unpaired) electrons. The zero-order valence-electron chi connectivity index (χ0n) is 15.1. The number of carbonyl (C=O) groups is 2. The number of nitrogens with one attached hydrogen (secondary N) is 2. The van der Waals surface area contributed by atoms with Crippen LogP contribution in [0.25, 0.3) is 0 Å². The highest BCUT2D eigenvalue weighted by molar-refractivity contribution is 5.99. The topological polar surface area (TPSA) is 79.9 Å². The molecule has 138 valence electrons. The first-order valence-corrected chi connectivity index (χ1v) is 8.65. The maximum atomic E-state index is 12.9. The van der Waals surface area contributed by atoms with Crippen molar-refractivity contribution in [1.82, 2.24) is 15.5 Å². The smallest absolute Gasteiger partial charge is 0.315 e. The zero-order chi connectivity index (χ0) is 18.2. The molecular formula is C18H27N3O4. The van der Waals surface area contributed by atoms with Crippen LogP contribution in [0.2, 0.25) is 0 Å². The Balaban J connectivity index is 1.97. The SMILES string of the molecule is CCCNC(=O)NC1CCN(C(=O)c2c(OC)cccc2OC)CC1. The van der Waals surface area contributed by atoms with Gasteiger partial charge >= 0.3 is 6.03 Å². The van der Waals surface area contributed by atoms with Crippen LogP contribution in [0.4, 0.5) is 4.79 Å². The second-order valence-corrected chi connectivity index (χ2v) is 6.00. The van der Waals surface area contributed by atoms with Gasteiger partial charge in [0.25, 0.3) is 5.91 Å². The molecule has 3 amide bonds. The van der Waals surface area contributed by atoms with Crippen molar-refractivity contribution < 1.29 is 19.1 Å². The summed E-state index contributed by atoms with van der Waals surface area (Å²) in [6, 6.07) is 5.24. The number of likely N-dealkylation sites (tertiary alicyclic amines) is 1. The number of nitrogens with zero attached hydrogens (tertiary/aromatic N) is 1. The third-order valence-corrected chi connectivity index (χ3v) is 4.29. The minimum Gasteiger partial charge on any atom is -0.496 e. The molecule has 0 bridgehead atoms. The first kappa shape index (κ1) is 18.9. The summed E-state index contributed by atoms with van der Waals surface area (Å²) in [5.74, 6) is 0.898. The molecule has 1 aromatic rings. The van der Waals surface area contributed by atoms with Crippen LogP contribution in [-0.2, 0) is 0 Å². The maximum Gasteiger partial charge on any atom is 0.315 e. The van der Waals surface area contributed by atoms with Crippen LogP contribution in [0.1, 0.15) is 36.5 Å². The van der Waals surface area contributed by atoms with Crippen molar-refractivity contribution in [2.45, 2.75) is 32.2 Å². The Kier molecular flexibility index (Phi) is 6.91.